The van der Waals surface area contributed by atoms with Crippen molar-refractivity contribution in [2.75, 3.05) is 24.2 Å². The molecule has 0 spiro atoms. The number of carbonyl (C=O) groups excluding carboxylic acids is 2. The molecule has 1 saturated carbocycles. The lowest BCUT2D eigenvalue weighted by Gasteiger charge is -2.46. The lowest BCUT2D eigenvalue weighted by atomic mass is 9.94. The van der Waals surface area contributed by atoms with Crippen molar-refractivity contribution in [1.82, 2.24) is 9.62 Å². The summed E-state index contributed by atoms with van der Waals surface area (Å²) in [6, 6.07) is 5.28. The summed E-state index contributed by atoms with van der Waals surface area (Å²) in [4.78, 5) is 27.3. The van der Waals surface area contributed by atoms with Crippen LogP contribution in [0, 0.1) is 5.82 Å². The fraction of sp³-hybridized carbons (Fsp3) is 0.556. The van der Waals surface area contributed by atoms with Gasteiger partial charge in [-0.3, -0.25) is 14.5 Å². The van der Waals surface area contributed by atoms with E-state index in [-0.39, 0.29) is 19.1 Å². The number of nitrogens with one attached hydrogen (secondary N) is 1. The molecule has 2 fully saturated rings. The lowest BCUT2D eigenvalue weighted by molar-refractivity contribution is -0.133. The van der Waals surface area contributed by atoms with Gasteiger partial charge in [-0.2, -0.15) is 4.31 Å². The van der Waals surface area contributed by atoms with E-state index in [1.807, 2.05) is 0 Å². The normalized spacial score (nSPS) is 25.0. The molecule has 27 heavy (non-hydrogen) atoms. The summed E-state index contributed by atoms with van der Waals surface area (Å²) in [5, 5.41) is 2.96. The molecule has 0 radical (unpaired) electrons. The average Bonchev–Trinajstić information content (AvgIpc) is 3.08. The topological polar surface area (TPSA) is 86.8 Å². The van der Waals surface area contributed by atoms with E-state index >= 15 is 0 Å². The smallest absolute Gasteiger partial charge is 0.247 e. The van der Waals surface area contributed by atoms with Gasteiger partial charge < -0.3 is 5.32 Å². The highest BCUT2D eigenvalue weighted by Gasteiger charge is 2.50. The van der Waals surface area contributed by atoms with Gasteiger partial charge in [0.1, 0.15) is 11.4 Å². The summed E-state index contributed by atoms with van der Waals surface area (Å²) in [6.07, 6.45) is 4.79. The maximum absolute atomic E-state index is 13.3. The maximum atomic E-state index is 13.3. The highest BCUT2D eigenvalue weighted by Crippen LogP contribution is 2.31. The van der Waals surface area contributed by atoms with Crippen LogP contribution in [0.2, 0.25) is 0 Å². The lowest BCUT2D eigenvalue weighted by Crippen LogP contribution is -2.70. The molecule has 1 N–H and O–H groups in total. The van der Waals surface area contributed by atoms with Gasteiger partial charge in [0, 0.05) is 18.3 Å². The number of halogens is 1. The summed E-state index contributed by atoms with van der Waals surface area (Å²) in [7, 11) is -3.66. The highest BCUT2D eigenvalue weighted by molar-refractivity contribution is 7.88. The van der Waals surface area contributed by atoms with Gasteiger partial charge in [-0.1, -0.05) is 12.8 Å². The summed E-state index contributed by atoms with van der Waals surface area (Å²) in [5.74, 6) is -1.39. The van der Waals surface area contributed by atoms with Gasteiger partial charge in [-0.15, -0.1) is 0 Å². The number of carbonyl (C=O) groups is 2. The molecule has 1 heterocycles. The summed E-state index contributed by atoms with van der Waals surface area (Å²) >= 11 is 0. The van der Waals surface area contributed by atoms with Gasteiger partial charge in [0.15, 0.2) is 0 Å². The fourth-order valence-corrected chi connectivity index (χ4v) is 4.64. The largest absolute Gasteiger partial charge is 0.351 e. The number of benzene rings is 1. The number of hydrogen-bond acceptors (Lipinski definition) is 4. The van der Waals surface area contributed by atoms with E-state index < -0.39 is 33.2 Å². The third kappa shape index (κ3) is 3.98. The SMILES string of the molecule is CC1(C(=O)NC2CCCC2)CN(S(C)(=O)=O)CC(=O)N1c1ccc(F)cc1. The first-order chi connectivity index (χ1) is 12.6. The fourth-order valence-electron chi connectivity index (χ4n) is 3.80. The molecule has 2 amide bonds. The average molecular weight is 397 g/mol. The second-order valence-corrected chi connectivity index (χ2v) is 9.45. The van der Waals surface area contributed by atoms with Gasteiger partial charge in [-0.25, -0.2) is 12.8 Å². The predicted molar refractivity (Wildman–Crippen MR) is 99.1 cm³/mol. The van der Waals surface area contributed by atoms with Crippen molar-refractivity contribution in [1.29, 1.82) is 0 Å². The Morgan fingerprint density at radius 2 is 1.81 bits per heavy atom. The second kappa shape index (κ2) is 7.20. The van der Waals surface area contributed by atoms with Crippen LogP contribution in [-0.4, -0.2) is 55.5 Å². The van der Waals surface area contributed by atoms with E-state index in [4.69, 9.17) is 0 Å². The van der Waals surface area contributed by atoms with Crippen molar-refractivity contribution in [3.8, 4) is 0 Å². The summed E-state index contributed by atoms with van der Waals surface area (Å²) < 4.78 is 38.4. The minimum atomic E-state index is -3.66. The molecule has 1 saturated heterocycles. The van der Waals surface area contributed by atoms with Crippen LogP contribution >= 0.6 is 0 Å². The predicted octanol–water partition coefficient (Wildman–Crippen LogP) is 1.25. The quantitative estimate of drug-likeness (QED) is 0.829. The first kappa shape index (κ1) is 19.8. The van der Waals surface area contributed by atoms with Crippen molar-refractivity contribution in [2.45, 2.75) is 44.2 Å². The third-order valence-corrected chi connectivity index (χ3v) is 6.47. The van der Waals surface area contributed by atoms with Crippen molar-refractivity contribution in [3.63, 3.8) is 0 Å². The molecule has 0 bridgehead atoms. The zero-order chi connectivity index (χ0) is 19.8. The Morgan fingerprint density at radius 3 is 2.37 bits per heavy atom. The Balaban J connectivity index is 1.98. The molecule has 148 valence electrons. The van der Waals surface area contributed by atoms with Crippen LogP contribution in [0.25, 0.3) is 0 Å². The van der Waals surface area contributed by atoms with Crippen molar-refractivity contribution >= 4 is 27.5 Å². The standard InChI is InChI=1S/C18H24FN3O4S/c1-18(17(24)20-14-5-3-4-6-14)12-21(27(2,25)26)11-16(23)22(18)15-9-7-13(19)8-10-15/h7-10,14H,3-6,11-12H2,1-2H3,(H,20,24). The number of sulfonamides is 1. The van der Waals surface area contributed by atoms with Gasteiger partial charge >= 0.3 is 0 Å². The number of anilines is 1. The van der Waals surface area contributed by atoms with Crippen LogP contribution in [0.5, 0.6) is 0 Å². The van der Waals surface area contributed by atoms with Gasteiger partial charge in [0.25, 0.3) is 0 Å². The molecule has 1 aromatic rings. The monoisotopic (exact) mass is 397 g/mol. The van der Waals surface area contributed by atoms with E-state index in [2.05, 4.69) is 5.32 Å². The van der Waals surface area contributed by atoms with Crippen molar-refractivity contribution in [3.05, 3.63) is 30.1 Å². The first-order valence-corrected chi connectivity index (χ1v) is 10.8. The number of hydrogen-bond donors (Lipinski definition) is 1. The Hall–Kier alpha value is -2.00. The van der Waals surface area contributed by atoms with E-state index in [1.54, 1.807) is 6.92 Å². The molecule has 1 atom stereocenters. The van der Waals surface area contributed by atoms with E-state index in [1.165, 1.54) is 29.2 Å². The number of amides is 2. The maximum Gasteiger partial charge on any atom is 0.247 e. The van der Waals surface area contributed by atoms with Crippen molar-refractivity contribution < 1.29 is 22.4 Å². The van der Waals surface area contributed by atoms with E-state index in [0.717, 1.165) is 36.2 Å². The molecule has 1 aromatic carbocycles. The molecule has 3 rings (SSSR count). The Labute approximate surface area is 158 Å². The van der Waals surface area contributed by atoms with Gasteiger partial charge in [0.05, 0.1) is 12.8 Å². The van der Waals surface area contributed by atoms with Gasteiger partial charge in [0.2, 0.25) is 21.8 Å². The van der Waals surface area contributed by atoms with Crippen LogP contribution in [0.4, 0.5) is 10.1 Å². The Bertz CT molecular complexity index is 837. The Kier molecular flexibility index (Phi) is 5.27. The second-order valence-electron chi connectivity index (χ2n) is 7.47. The molecule has 1 aliphatic carbocycles. The van der Waals surface area contributed by atoms with E-state index in [9.17, 15) is 22.4 Å². The first-order valence-electron chi connectivity index (χ1n) is 8.96. The number of rotatable bonds is 4. The minimum absolute atomic E-state index is 0.0214. The molecular formula is C18H24FN3O4S. The van der Waals surface area contributed by atoms with Crippen LogP contribution in [0.15, 0.2) is 24.3 Å². The van der Waals surface area contributed by atoms with Crippen LogP contribution in [-0.2, 0) is 19.6 Å². The summed E-state index contributed by atoms with van der Waals surface area (Å²) in [5.41, 5.74) is -1.07. The number of nitrogens with zero attached hydrogens (tertiary/aromatic N) is 2. The highest BCUT2D eigenvalue weighted by atomic mass is 32.2. The van der Waals surface area contributed by atoms with Crippen LogP contribution in [0.3, 0.4) is 0 Å². The van der Waals surface area contributed by atoms with Crippen LogP contribution < -0.4 is 10.2 Å². The zero-order valence-corrected chi connectivity index (χ0v) is 16.3. The molecule has 7 nitrogen and oxygen atoms in total. The molecule has 1 aliphatic heterocycles. The molecule has 2 aliphatic rings. The molecule has 9 heteroatoms. The van der Waals surface area contributed by atoms with E-state index in [0.29, 0.717) is 5.69 Å². The molecule has 1 unspecified atom stereocenters. The number of piperazine rings is 1. The minimum Gasteiger partial charge on any atom is -0.351 e. The molecule has 0 aromatic heterocycles. The third-order valence-electron chi connectivity index (χ3n) is 5.27. The Morgan fingerprint density at radius 1 is 1.22 bits per heavy atom. The molecular weight excluding hydrogens is 373 g/mol. The van der Waals surface area contributed by atoms with Gasteiger partial charge in [-0.05, 0) is 44.0 Å². The van der Waals surface area contributed by atoms with Crippen LogP contribution in [0.1, 0.15) is 32.6 Å². The zero-order valence-electron chi connectivity index (χ0n) is 15.4. The van der Waals surface area contributed by atoms with Crippen molar-refractivity contribution in [2.24, 2.45) is 0 Å². The summed E-state index contributed by atoms with van der Waals surface area (Å²) in [6.45, 7) is 1.03.